The molecule has 8 heteroatoms. The molecule has 1 aliphatic rings. The lowest BCUT2D eigenvalue weighted by atomic mass is 10.1. The molecule has 4 aromatic rings. The van der Waals surface area contributed by atoms with Crippen molar-refractivity contribution in [1.29, 1.82) is 0 Å². The first-order chi connectivity index (χ1) is 15.0. The first kappa shape index (κ1) is 19.6. The number of carbonyl (C=O) groups excluding carboxylic acids is 1. The minimum absolute atomic E-state index is 0.115. The van der Waals surface area contributed by atoms with E-state index < -0.39 is 0 Å². The van der Waals surface area contributed by atoms with Crippen LogP contribution in [-0.2, 0) is 4.79 Å². The number of rotatable bonds is 4. The van der Waals surface area contributed by atoms with Crippen LogP contribution < -0.4 is 10.9 Å². The molecule has 1 N–H and O–H groups in total. The predicted octanol–water partition coefficient (Wildman–Crippen LogP) is 3.87. The quantitative estimate of drug-likeness (QED) is 0.496. The Kier molecular flexibility index (Phi) is 4.86. The Morgan fingerprint density at radius 1 is 1.16 bits per heavy atom. The Morgan fingerprint density at radius 2 is 1.90 bits per heavy atom. The molecule has 0 aliphatic carbocycles. The lowest BCUT2D eigenvalue weighted by Crippen LogP contribution is -2.27. The third kappa shape index (κ3) is 3.63. The van der Waals surface area contributed by atoms with Gasteiger partial charge in [0.15, 0.2) is 10.8 Å². The maximum atomic E-state index is 13.2. The normalized spacial score (nSPS) is 15.2. The topological polar surface area (TPSA) is 81.8 Å². The van der Waals surface area contributed by atoms with Gasteiger partial charge in [-0.15, -0.1) is 0 Å². The lowest BCUT2D eigenvalue weighted by molar-refractivity contribution is -0.116. The summed E-state index contributed by atoms with van der Waals surface area (Å²) in [5.41, 5.74) is 4.19. The highest BCUT2D eigenvalue weighted by Gasteiger charge is 2.29. The molecular weight excluding hydrogens is 410 g/mol. The number of anilines is 1. The number of nitrogens with zero attached hydrogens (tertiary/aromatic N) is 4. The molecular formula is C23H21N5O2S. The maximum Gasteiger partial charge on any atom is 0.265 e. The average molecular weight is 432 g/mol. The highest BCUT2D eigenvalue weighted by atomic mass is 32.2. The molecule has 0 bridgehead atoms. The number of benzene rings is 2. The van der Waals surface area contributed by atoms with E-state index in [0.29, 0.717) is 21.9 Å². The van der Waals surface area contributed by atoms with E-state index in [2.05, 4.69) is 16.5 Å². The van der Waals surface area contributed by atoms with Crippen molar-refractivity contribution in [2.24, 2.45) is 0 Å². The van der Waals surface area contributed by atoms with Crippen LogP contribution in [-0.4, -0.2) is 31.0 Å². The molecule has 2 aromatic carbocycles. The smallest absolute Gasteiger partial charge is 0.265 e. The van der Waals surface area contributed by atoms with Crippen LogP contribution in [0.3, 0.4) is 0 Å². The summed E-state index contributed by atoms with van der Waals surface area (Å²) >= 11 is 1.50. The number of aryl methyl sites for hydroxylation is 2. The average Bonchev–Trinajstić information content (AvgIpc) is 3.33. The zero-order valence-corrected chi connectivity index (χ0v) is 18.0. The predicted molar refractivity (Wildman–Crippen MR) is 122 cm³/mol. The molecule has 2 aromatic heterocycles. The first-order valence-corrected chi connectivity index (χ1v) is 11.0. The Bertz CT molecular complexity index is 1340. The number of para-hydroxylation sites is 1. The second-order valence-corrected chi connectivity index (χ2v) is 8.78. The van der Waals surface area contributed by atoms with Crippen molar-refractivity contribution >= 4 is 34.4 Å². The van der Waals surface area contributed by atoms with Crippen LogP contribution in [0.1, 0.15) is 23.6 Å². The molecule has 3 heterocycles. The fraction of sp³-hybridized carbons (Fsp3) is 0.217. The summed E-state index contributed by atoms with van der Waals surface area (Å²) in [7, 11) is 0. The van der Waals surface area contributed by atoms with E-state index >= 15 is 0 Å². The Morgan fingerprint density at radius 3 is 2.65 bits per heavy atom. The summed E-state index contributed by atoms with van der Waals surface area (Å²) in [5, 5.41) is 8.42. The molecule has 1 unspecified atom stereocenters. The van der Waals surface area contributed by atoms with Crippen molar-refractivity contribution in [3.8, 4) is 5.69 Å². The third-order valence-corrected chi connectivity index (χ3v) is 6.40. The molecule has 5 rings (SSSR count). The molecule has 31 heavy (non-hydrogen) atoms. The molecule has 1 atom stereocenters. The van der Waals surface area contributed by atoms with Crippen molar-refractivity contribution in [1.82, 2.24) is 19.3 Å². The Balaban J connectivity index is 1.44. The van der Waals surface area contributed by atoms with E-state index in [1.54, 1.807) is 15.4 Å². The number of hydrogen-bond acceptors (Lipinski definition) is 5. The van der Waals surface area contributed by atoms with E-state index in [-0.39, 0.29) is 23.9 Å². The van der Waals surface area contributed by atoms with Gasteiger partial charge in [0, 0.05) is 17.9 Å². The molecule has 0 saturated carbocycles. The fourth-order valence-corrected chi connectivity index (χ4v) is 5.14. The number of nitrogens with one attached hydrogen (secondary N) is 1. The van der Waals surface area contributed by atoms with Gasteiger partial charge in [0.1, 0.15) is 5.39 Å². The van der Waals surface area contributed by atoms with Gasteiger partial charge in [0.2, 0.25) is 5.91 Å². The second kappa shape index (κ2) is 7.70. The monoisotopic (exact) mass is 431 g/mol. The summed E-state index contributed by atoms with van der Waals surface area (Å²) < 4.78 is 3.32. The zero-order chi connectivity index (χ0) is 21.5. The zero-order valence-electron chi connectivity index (χ0n) is 17.2. The minimum Gasteiger partial charge on any atom is -0.326 e. The van der Waals surface area contributed by atoms with Crippen LogP contribution >= 0.6 is 11.8 Å². The highest BCUT2D eigenvalue weighted by Crippen LogP contribution is 2.33. The van der Waals surface area contributed by atoms with Crippen LogP contribution in [0.25, 0.3) is 16.7 Å². The van der Waals surface area contributed by atoms with E-state index in [1.165, 1.54) is 11.8 Å². The van der Waals surface area contributed by atoms with Crippen molar-refractivity contribution in [3.63, 3.8) is 0 Å². The molecule has 0 fully saturated rings. The third-order valence-electron chi connectivity index (χ3n) is 5.30. The van der Waals surface area contributed by atoms with E-state index in [1.807, 2.05) is 56.3 Å². The number of carbonyl (C=O) groups is 1. The SMILES string of the molecule is Cc1cc(C)cc(NC(=O)CC2CSc3nc4c(cnn4-c4ccccc4)c(=O)n32)c1. The molecule has 0 spiro atoms. The summed E-state index contributed by atoms with van der Waals surface area (Å²) in [6.45, 7) is 4.00. The minimum atomic E-state index is -0.240. The van der Waals surface area contributed by atoms with Gasteiger partial charge in [0.25, 0.3) is 5.56 Å². The lowest BCUT2D eigenvalue weighted by Gasteiger charge is -2.14. The van der Waals surface area contributed by atoms with Gasteiger partial charge >= 0.3 is 0 Å². The first-order valence-electron chi connectivity index (χ1n) is 10.1. The molecule has 0 saturated heterocycles. The summed E-state index contributed by atoms with van der Waals surface area (Å²) in [6.07, 6.45) is 1.77. The number of amides is 1. The van der Waals surface area contributed by atoms with Gasteiger partial charge in [-0.25, -0.2) is 9.67 Å². The molecule has 156 valence electrons. The number of thioether (sulfide) groups is 1. The van der Waals surface area contributed by atoms with Crippen molar-refractivity contribution in [2.45, 2.75) is 31.5 Å². The molecule has 7 nitrogen and oxygen atoms in total. The van der Waals surface area contributed by atoms with E-state index in [4.69, 9.17) is 4.98 Å². The van der Waals surface area contributed by atoms with E-state index in [0.717, 1.165) is 22.5 Å². The fourth-order valence-electron chi connectivity index (χ4n) is 4.01. The van der Waals surface area contributed by atoms with Crippen molar-refractivity contribution in [3.05, 3.63) is 76.2 Å². The Hall–Kier alpha value is -3.39. The molecule has 1 aliphatic heterocycles. The van der Waals surface area contributed by atoms with E-state index in [9.17, 15) is 9.59 Å². The van der Waals surface area contributed by atoms with Gasteiger partial charge in [0.05, 0.1) is 17.9 Å². The van der Waals surface area contributed by atoms with Crippen LogP contribution in [0.5, 0.6) is 0 Å². The van der Waals surface area contributed by atoms with Gasteiger partial charge in [-0.3, -0.25) is 14.2 Å². The summed E-state index contributed by atoms with van der Waals surface area (Å²) in [4.78, 5) is 30.6. The maximum absolute atomic E-state index is 13.2. The van der Waals surface area contributed by atoms with Gasteiger partial charge < -0.3 is 5.32 Å². The van der Waals surface area contributed by atoms with Gasteiger partial charge in [-0.1, -0.05) is 36.0 Å². The highest BCUT2D eigenvalue weighted by molar-refractivity contribution is 7.99. The molecule has 0 radical (unpaired) electrons. The van der Waals surface area contributed by atoms with Crippen molar-refractivity contribution in [2.75, 3.05) is 11.1 Å². The summed E-state index contributed by atoms with van der Waals surface area (Å²) in [5.74, 6) is 0.517. The van der Waals surface area contributed by atoms with Gasteiger partial charge in [-0.05, 0) is 49.2 Å². The number of hydrogen-bond donors (Lipinski definition) is 1. The van der Waals surface area contributed by atoms with Crippen LogP contribution in [0, 0.1) is 13.8 Å². The van der Waals surface area contributed by atoms with Gasteiger partial charge in [-0.2, -0.15) is 5.10 Å². The van der Waals surface area contributed by atoms with Crippen LogP contribution in [0.4, 0.5) is 5.69 Å². The standard InChI is InChI=1S/C23H21N5O2S/c1-14-8-15(2)10-16(9-14)25-20(29)11-18-13-31-23-26-21-19(22(30)27(18)23)12-24-28(21)17-6-4-3-5-7-17/h3-10,12,18H,11,13H2,1-2H3,(H,25,29). The van der Waals surface area contributed by atoms with Crippen LogP contribution in [0.2, 0.25) is 0 Å². The summed E-state index contributed by atoms with van der Waals surface area (Å²) in [6, 6.07) is 15.3. The van der Waals surface area contributed by atoms with Crippen LogP contribution in [0.15, 0.2) is 64.7 Å². The number of fused-ring (bicyclic) bond motifs is 2. The van der Waals surface area contributed by atoms with Crippen molar-refractivity contribution < 1.29 is 4.79 Å². The largest absolute Gasteiger partial charge is 0.326 e. The second-order valence-electron chi connectivity index (χ2n) is 7.79. The Labute approximate surface area is 183 Å². The molecule has 1 amide bonds. The number of aromatic nitrogens is 4.